The number of ether oxygens (including phenoxy) is 2. The fraction of sp³-hybridized carbons (Fsp3) is 0.500. The Morgan fingerprint density at radius 3 is 2.71 bits per heavy atom. The van der Waals surface area contributed by atoms with Crippen molar-refractivity contribution in [2.75, 3.05) is 36.5 Å². The molecule has 3 aromatic heterocycles. The van der Waals surface area contributed by atoms with Crippen LogP contribution in [0.15, 0.2) is 24.8 Å². The highest BCUT2D eigenvalue weighted by Gasteiger charge is 2.25. The van der Waals surface area contributed by atoms with Gasteiger partial charge in [-0.25, -0.2) is 15.0 Å². The Hall–Kier alpha value is -3.52. The summed E-state index contributed by atoms with van der Waals surface area (Å²) in [5.41, 5.74) is 1.03. The van der Waals surface area contributed by atoms with E-state index in [9.17, 15) is 5.26 Å². The van der Waals surface area contributed by atoms with Crippen LogP contribution in [0.25, 0.3) is 5.65 Å². The zero-order valence-electron chi connectivity index (χ0n) is 17.0. The van der Waals surface area contributed by atoms with Crippen LogP contribution < -0.4 is 15.0 Å². The van der Waals surface area contributed by atoms with Crippen LogP contribution in [0.4, 0.5) is 11.6 Å². The molecule has 11 heteroatoms. The third-order valence-corrected chi connectivity index (χ3v) is 5.65. The first-order chi connectivity index (χ1) is 15.3. The van der Waals surface area contributed by atoms with Crippen LogP contribution in [0.5, 0.6) is 6.01 Å². The molecule has 1 aliphatic heterocycles. The van der Waals surface area contributed by atoms with Gasteiger partial charge in [-0.1, -0.05) is 0 Å². The lowest BCUT2D eigenvalue weighted by molar-refractivity contribution is 0.121. The molecule has 160 valence electrons. The molecule has 0 bridgehead atoms. The molecule has 4 heterocycles. The van der Waals surface area contributed by atoms with Crippen molar-refractivity contribution >= 4 is 17.3 Å². The maximum absolute atomic E-state index is 9.20. The molecule has 0 amide bonds. The van der Waals surface area contributed by atoms with Crippen LogP contribution in [-0.2, 0) is 4.74 Å². The minimum atomic E-state index is 0.0372. The molecular weight excluding hydrogens is 398 g/mol. The molecule has 1 N–H and O–H groups in total. The molecular formula is C20H23N9O2. The van der Waals surface area contributed by atoms with Gasteiger partial charge in [0.1, 0.15) is 24.3 Å². The molecule has 2 aliphatic rings. The lowest BCUT2D eigenvalue weighted by Gasteiger charge is -2.30. The smallest absolute Gasteiger partial charge is 0.321 e. The molecule has 1 aliphatic carbocycles. The summed E-state index contributed by atoms with van der Waals surface area (Å²) in [5.74, 6) is 1.37. The lowest BCUT2D eigenvalue weighted by Crippen LogP contribution is -2.37. The quantitative estimate of drug-likeness (QED) is 0.646. The number of rotatable bonds is 5. The van der Waals surface area contributed by atoms with Gasteiger partial charge in [0.25, 0.3) is 0 Å². The number of fused-ring (bicyclic) bond motifs is 1. The molecule has 2 fully saturated rings. The molecule has 3 aromatic rings. The van der Waals surface area contributed by atoms with Crippen molar-refractivity contribution in [2.45, 2.75) is 37.8 Å². The van der Waals surface area contributed by atoms with E-state index < -0.39 is 0 Å². The van der Waals surface area contributed by atoms with E-state index in [2.05, 4.69) is 36.3 Å². The molecule has 0 unspecified atom stereocenters. The molecule has 11 nitrogen and oxygen atoms in total. The van der Waals surface area contributed by atoms with Gasteiger partial charge in [-0.3, -0.25) is 0 Å². The van der Waals surface area contributed by atoms with E-state index in [4.69, 9.17) is 14.5 Å². The molecule has 1 saturated carbocycles. The molecule has 5 rings (SSSR count). The summed E-state index contributed by atoms with van der Waals surface area (Å²) in [6, 6.07) is 4.70. The third kappa shape index (κ3) is 4.20. The molecule has 0 aromatic carbocycles. The lowest BCUT2D eigenvalue weighted by atomic mass is 9.93. The average Bonchev–Trinajstić information content (AvgIpc) is 3.30. The SMILES string of the molecule is N#Cc1nccnc1N[C@H]1CC[C@@H](Oc2nc(N3CCOCC3)cc3ncnn23)CC1. The third-order valence-electron chi connectivity index (χ3n) is 5.65. The normalized spacial score (nSPS) is 21.6. The van der Waals surface area contributed by atoms with Gasteiger partial charge in [-0.15, -0.1) is 0 Å². The Labute approximate surface area is 179 Å². The molecule has 0 spiro atoms. The summed E-state index contributed by atoms with van der Waals surface area (Å²) < 4.78 is 13.4. The number of anilines is 2. The first-order valence-electron chi connectivity index (χ1n) is 10.5. The fourth-order valence-corrected chi connectivity index (χ4v) is 4.01. The molecule has 0 radical (unpaired) electrons. The van der Waals surface area contributed by atoms with E-state index in [0.29, 0.717) is 36.4 Å². The van der Waals surface area contributed by atoms with E-state index in [1.807, 2.05) is 6.07 Å². The minimum absolute atomic E-state index is 0.0372. The van der Waals surface area contributed by atoms with E-state index in [1.54, 1.807) is 10.7 Å². The topological polar surface area (TPSA) is 126 Å². The highest BCUT2D eigenvalue weighted by atomic mass is 16.5. The van der Waals surface area contributed by atoms with Gasteiger partial charge in [0.05, 0.1) is 13.2 Å². The molecule has 31 heavy (non-hydrogen) atoms. The van der Waals surface area contributed by atoms with Gasteiger partial charge in [0, 0.05) is 37.6 Å². The zero-order chi connectivity index (χ0) is 21.0. The van der Waals surface area contributed by atoms with Crippen molar-refractivity contribution in [1.29, 1.82) is 5.26 Å². The van der Waals surface area contributed by atoms with Gasteiger partial charge >= 0.3 is 6.01 Å². The van der Waals surface area contributed by atoms with E-state index in [1.165, 1.54) is 12.5 Å². The van der Waals surface area contributed by atoms with Gasteiger partial charge in [0.2, 0.25) is 0 Å². The standard InChI is InChI=1S/C20H23N9O2/c21-12-16-19(23-6-5-22-16)26-14-1-3-15(4-2-14)31-20-27-18(28-7-9-30-10-8-28)11-17-24-13-25-29(17)20/h5-6,11,13-15H,1-4,7-10H2,(H,23,26)/t14-,15+. The highest BCUT2D eigenvalue weighted by molar-refractivity contribution is 5.52. The Morgan fingerprint density at radius 2 is 1.90 bits per heavy atom. The average molecular weight is 421 g/mol. The summed E-state index contributed by atoms with van der Waals surface area (Å²) in [5, 5.41) is 16.8. The van der Waals surface area contributed by atoms with E-state index >= 15 is 0 Å². The fourth-order valence-electron chi connectivity index (χ4n) is 4.01. The summed E-state index contributed by atoms with van der Waals surface area (Å²) in [6.45, 7) is 2.96. The number of nitrogens with one attached hydrogen (secondary N) is 1. The predicted octanol–water partition coefficient (Wildman–Crippen LogP) is 1.42. The van der Waals surface area contributed by atoms with Gasteiger partial charge in [-0.2, -0.15) is 19.9 Å². The number of morpholine rings is 1. The number of hydrogen-bond acceptors (Lipinski definition) is 10. The second-order valence-electron chi connectivity index (χ2n) is 7.63. The van der Waals surface area contributed by atoms with Crippen LogP contribution >= 0.6 is 0 Å². The van der Waals surface area contributed by atoms with Crippen LogP contribution in [0.3, 0.4) is 0 Å². The van der Waals surface area contributed by atoms with Crippen LogP contribution in [0.1, 0.15) is 31.4 Å². The van der Waals surface area contributed by atoms with Gasteiger partial charge < -0.3 is 19.7 Å². The van der Waals surface area contributed by atoms with Crippen molar-refractivity contribution in [3.8, 4) is 12.1 Å². The van der Waals surface area contributed by atoms with Crippen LogP contribution in [-0.4, -0.2) is 68.0 Å². The highest BCUT2D eigenvalue weighted by Crippen LogP contribution is 2.27. The van der Waals surface area contributed by atoms with Crippen molar-refractivity contribution in [2.24, 2.45) is 0 Å². The van der Waals surface area contributed by atoms with Crippen LogP contribution in [0.2, 0.25) is 0 Å². The Balaban J connectivity index is 1.26. The van der Waals surface area contributed by atoms with Crippen LogP contribution in [0, 0.1) is 11.3 Å². The minimum Gasteiger partial charge on any atom is -0.460 e. The summed E-state index contributed by atoms with van der Waals surface area (Å²) in [7, 11) is 0. The van der Waals surface area contributed by atoms with Crippen molar-refractivity contribution in [3.63, 3.8) is 0 Å². The number of hydrogen-bond donors (Lipinski definition) is 1. The first-order valence-corrected chi connectivity index (χ1v) is 10.5. The second kappa shape index (κ2) is 8.69. The predicted molar refractivity (Wildman–Crippen MR) is 111 cm³/mol. The Kier molecular flexibility index (Phi) is 5.45. The maximum Gasteiger partial charge on any atom is 0.321 e. The van der Waals surface area contributed by atoms with E-state index in [-0.39, 0.29) is 12.1 Å². The largest absolute Gasteiger partial charge is 0.460 e. The first kappa shape index (κ1) is 19.4. The monoisotopic (exact) mass is 421 g/mol. The van der Waals surface area contributed by atoms with Gasteiger partial charge in [-0.05, 0) is 25.7 Å². The Bertz CT molecular complexity index is 1080. The summed E-state index contributed by atoms with van der Waals surface area (Å²) in [6.07, 6.45) is 8.19. The number of nitrogens with zero attached hydrogens (tertiary/aromatic N) is 8. The summed E-state index contributed by atoms with van der Waals surface area (Å²) >= 11 is 0. The maximum atomic E-state index is 9.20. The molecule has 0 atom stereocenters. The van der Waals surface area contributed by atoms with Crippen molar-refractivity contribution in [3.05, 3.63) is 30.5 Å². The molecule has 1 saturated heterocycles. The van der Waals surface area contributed by atoms with Gasteiger partial charge in [0.15, 0.2) is 17.2 Å². The van der Waals surface area contributed by atoms with E-state index in [0.717, 1.165) is 44.6 Å². The Morgan fingerprint density at radius 1 is 1.10 bits per heavy atom. The second-order valence-corrected chi connectivity index (χ2v) is 7.63. The van der Waals surface area contributed by atoms with Crippen molar-refractivity contribution < 1.29 is 9.47 Å². The van der Waals surface area contributed by atoms with Crippen molar-refractivity contribution in [1.82, 2.24) is 29.5 Å². The number of aromatic nitrogens is 6. The summed E-state index contributed by atoms with van der Waals surface area (Å²) in [4.78, 5) is 19.5. The zero-order valence-corrected chi connectivity index (χ0v) is 17.0. The number of nitriles is 1.